The molecule has 1 aromatic rings. The fourth-order valence-corrected chi connectivity index (χ4v) is 2.18. The van der Waals surface area contributed by atoms with E-state index in [4.69, 9.17) is 4.43 Å². The Morgan fingerprint density at radius 3 is 2.32 bits per heavy atom. The molecule has 0 unspecified atom stereocenters. The van der Waals surface area contributed by atoms with Gasteiger partial charge in [0, 0.05) is 6.07 Å². The number of carbonyl (C=O) groups excluding carboxylic acids is 1. The molecule has 0 N–H and O–H groups in total. The van der Waals surface area contributed by atoms with Gasteiger partial charge in [0.25, 0.3) is 0 Å². The van der Waals surface area contributed by atoms with Crippen LogP contribution in [0.3, 0.4) is 0 Å². The van der Waals surface area contributed by atoms with Gasteiger partial charge in [-0.3, -0.25) is 4.79 Å². The van der Waals surface area contributed by atoms with Gasteiger partial charge < -0.3 is 4.43 Å². The molecule has 1 rings (SSSR count). The molecule has 0 saturated heterocycles. The molecule has 0 aliphatic heterocycles. The van der Waals surface area contributed by atoms with E-state index in [0.29, 0.717) is 6.07 Å². The van der Waals surface area contributed by atoms with E-state index in [0.717, 1.165) is 12.1 Å². The van der Waals surface area contributed by atoms with Crippen molar-refractivity contribution in [2.45, 2.75) is 38.9 Å². The molecule has 5 heteroatoms. The Morgan fingerprint density at radius 1 is 1.26 bits per heavy atom. The van der Waals surface area contributed by atoms with Crippen LogP contribution in [0.15, 0.2) is 18.2 Å². The number of hydrogen-bond donors (Lipinski definition) is 0. The van der Waals surface area contributed by atoms with E-state index >= 15 is 0 Å². The van der Waals surface area contributed by atoms with Gasteiger partial charge >= 0.3 is 0 Å². The zero-order chi connectivity index (χ0) is 14.8. The highest BCUT2D eigenvalue weighted by Gasteiger charge is 2.37. The molecule has 0 amide bonds. The van der Waals surface area contributed by atoms with Crippen molar-refractivity contribution < 1.29 is 18.0 Å². The summed E-state index contributed by atoms with van der Waals surface area (Å²) in [4.78, 5) is 11.9. The van der Waals surface area contributed by atoms with E-state index in [1.165, 1.54) is 0 Å². The Kier molecular flexibility index (Phi) is 4.63. The number of rotatable bonds is 4. The first-order chi connectivity index (χ1) is 8.54. The molecular formula is C14H20F2O2Si. The summed E-state index contributed by atoms with van der Waals surface area (Å²) in [6.45, 7) is 10.0. The second-order valence-electron chi connectivity index (χ2n) is 6.10. The zero-order valence-electron chi connectivity index (χ0n) is 12.0. The summed E-state index contributed by atoms with van der Waals surface area (Å²) in [5.74, 6) is -1.99. The van der Waals surface area contributed by atoms with Crippen molar-refractivity contribution in [1.82, 2.24) is 0 Å². The standard InChI is InChI=1S/C14H20F2O2Si/c1-14(2,3)19(4,5)18-9-13(17)11-7-6-10(15)8-12(11)16/h6-8H,9H2,1-5H3. The van der Waals surface area contributed by atoms with Crippen LogP contribution >= 0.6 is 0 Å². The molecule has 0 aliphatic carbocycles. The summed E-state index contributed by atoms with van der Waals surface area (Å²) < 4.78 is 31.9. The zero-order valence-corrected chi connectivity index (χ0v) is 13.0. The largest absolute Gasteiger partial charge is 0.409 e. The van der Waals surface area contributed by atoms with E-state index in [9.17, 15) is 13.6 Å². The fourth-order valence-electron chi connectivity index (χ4n) is 1.26. The molecule has 0 bridgehead atoms. The Balaban J connectivity index is 2.76. The van der Waals surface area contributed by atoms with Gasteiger partial charge in [-0.05, 0) is 30.3 Å². The monoisotopic (exact) mass is 286 g/mol. The molecule has 0 radical (unpaired) electrons. The average Bonchev–Trinajstić information content (AvgIpc) is 2.24. The maximum atomic E-state index is 13.4. The Morgan fingerprint density at radius 2 is 1.84 bits per heavy atom. The maximum absolute atomic E-state index is 13.4. The van der Waals surface area contributed by atoms with Crippen molar-refractivity contribution in [2.24, 2.45) is 0 Å². The lowest BCUT2D eigenvalue weighted by molar-refractivity contribution is 0.0907. The van der Waals surface area contributed by atoms with Crippen LogP contribution in [0.25, 0.3) is 0 Å². The van der Waals surface area contributed by atoms with E-state index < -0.39 is 25.7 Å². The van der Waals surface area contributed by atoms with Crippen molar-refractivity contribution >= 4 is 14.1 Å². The number of halogens is 2. The third-order valence-electron chi connectivity index (χ3n) is 3.60. The lowest BCUT2D eigenvalue weighted by Crippen LogP contribution is -2.42. The summed E-state index contributed by atoms with van der Waals surface area (Å²) in [6.07, 6.45) is 0. The summed E-state index contributed by atoms with van der Waals surface area (Å²) in [5, 5.41) is -0.0192. The molecule has 0 spiro atoms. The van der Waals surface area contributed by atoms with Gasteiger partial charge in [0.15, 0.2) is 14.1 Å². The van der Waals surface area contributed by atoms with Crippen molar-refractivity contribution in [3.8, 4) is 0 Å². The second kappa shape index (κ2) is 5.51. The molecular weight excluding hydrogens is 266 g/mol. The number of ketones is 1. The van der Waals surface area contributed by atoms with Crippen LogP contribution in [-0.4, -0.2) is 20.7 Å². The van der Waals surface area contributed by atoms with Crippen LogP contribution in [0.4, 0.5) is 8.78 Å². The van der Waals surface area contributed by atoms with Crippen molar-refractivity contribution in [1.29, 1.82) is 0 Å². The third-order valence-corrected chi connectivity index (χ3v) is 8.08. The van der Waals surface area contributed by atoms with Gasteiger partial charge in [-0.15, -0.1) is 0 Å². The Bertz CT molecular complexity index is 479. The van der Waals surface area contributed by atoms with Gasteiger partial charge in [-0.2, -0.15) is 0 Å². The molecule has 0 aliphatic rings. The first-order valence-corrected chi connectivity index (χ1v) is 9.07. The normalized spacial score (nSPS) is 12.6. The lowest BCUT2D eigenvalue weighted by Gasteiger charge is -2.35. The van der Waals surface area contributed by atoms with Crippen molar-refractivity contribution in [2.75, 3.05) is 6.61 Å². The first-order valence-electron chi connectivity index (χ1n) is 6.17. The average molecular weight is 286 g/mol. The van der Waals surface area contributed by atoms with Crippen molar-refractivity contribution in [3.63, 3.8) is 0 Å². The Hall–Kier alpha value is -1.07. The highest BCUT2D eigenvalue weighted by Crippen LogP contribution is 2.36. The SMILES string of the molecule is CC(C)(C)[Si](C)(C)OCC(=O)c1ccc(F)cc1F. The first kappa shape index (κ1) is 16.0. The quantitative estimate of drug-likeness (QED) is 0.613. The van der Waals surface area contributed by atoms with Crippen LogP contribution in [-0.2, 0) is 4.43 Å². The number of Topliss-reactive ketones (excluding diaryl/α,β-unsaturated/α-hetero) is 1. The number of benzene rings is 1. The Labute approximate surface area is 113 Å². The van der Waals surface area contributed by atoms with E-state index in [1.807, 2.05) is 13.1 Å². The van der Waals surface area contributed by atoms with Crippen LogP contribution in [0.5, 0.6) is 0 Å². The van der Waals surface area contributed by atoms with E-state index in [1.54, 1.807) is 0 Å². The van der Waals surface area contributed by atoms with Gasteiger partial charge in [-0.1, -0.05) is 20.8 Å². The molecule has 1 aromatic carbocycles. The van der Waals surface area contributed by atoms with Crippen LogP contribution in [0, 0.1) is 11.6 Å². The topological polar surface area (TPSA) is 26.3 Å². The molecule has 0 fully saturated rings. The molecule has 0 atom stereocenters. The summed E-state index contributed by atoms with van der Waals surface area (Å²) in [6, 6.07) is 2.93. The van der Waals surface area contributed by atoms with Crippen LogP contribution < -0.4 is 0 Å². The predicted molar refractivity (Wildman–Crippen MR) is 73.8 cm³/mol. The second-order valence-corrected chi connectivity index (χ2v) is 10.9. The number of hydrogen-bond acceptors (Lipinski definition) is 2. The van der Waals surface area contributed by atoms with E-state index in [-0.39, 0.29) is 17.2 Å². The van der Waals surface area contributed by atoms with Crippen LogP contribution in [0.2, 0.25) is 18.1 Å². The van der Waals surface area contributed by atoms with E-state index in [2.05, 4.69) is 20.8 Å². The molecule has 19 heavy (non-hydrogen) atoms. The van der Waals surface area contributed by atoms with Gasteiger partial charge in [0.1, 0.15) is 11.6 Å². The molecule has 0 saturated carbocycles. The third kappa shape index (κ3) is 3.94. The molecule has 106 valence electrons. The molecule has 2 nitrogen and oxygen atoms in total. The van der Waals surface area contributed by atoms with Crippen LogP contribution in [0.1, 0.15) is 31.1 Å². The lowest BCUT2D eigenvalue weighted by atomic mass is 10.1. The summed E-state index contributed by atoms with van der Waals surface area (Å²) in [5.41, 5.74) is -0.125. The molecule has 0 heterocycles. The number of carbonyl (C=O) groups is 1. The van der Waals surface area contributed by atoms with Crippen molar-refractivity contribution in [3.05, 3.63) is 35.4 Å². The molecule has 0 aromatic heterocycles. The predicted octanol–water partition coefficient (Wildman–Crippen LogP) is 4.17. The summed E-state index contributed by atoms with van der Waals surface area (Å²) in [7, 11) is -2.05. The smallest absolute Gasteiger partial charge is 0.192 e. The van der Waals surface area contributed by atoms with Gasteiger partial charge in [0.05, 0.1) is 12.2 Å². The van der Waals surface area contributed by atoms with Gasteiger partial charge in [0.2, 0.25) is 0 Å². The van der Waals surface area contributed by atoms with Gasteiger partial charge in [-0.25, -0.2) is 8.78 Å². The fraction of sp³-hybridized carbons (Fsp3) is 0.500. The minimum Gasteiger partial charge on any atom is -0.409 e. The summed E-state index contributed by atoms with van der Waals surface area (Å²) >= 11 is 0. The minimum absolute atomic E-state index is 0.0192. The minimum atomic E-state index is -2.05. The maximum Gasteiger partial charge on any atom is 0.192 e. The highest BCUT2D eigenvalue weighted by molar-refractivity contribution is 6.74. The highest BCUT2D eigenvalue weighted by atomic mass is 28.4.